The summed E-state index contributed by atoms with van der Waals surface area (Å²) in [6.07, 6.45) is -0.944. The second-order valence-corrected chi connectivity index (χ2v) is 2.32. The van der Waals surface area contributed by atoms with Crippen LogP contribution in [0.4, 0.5) is 0 Å². The molecule has 0 unspecified atom stereocenters. The number of hydrogen-bond acceptors (Lipinski definition) is 4. The fourth-order valence-corrected chi connectivity index (χ4v) is 0.783. The van der Waals surface area contributed by atoms with Gasteiger partial charge in [-0.3, -0.25) is 0 Å². The minimum atomic E-state index is -0.573. The molecule has 0 fully saturated rings. The van der Waals surface area contributed by atoms with E-state index in [0.717, 1.165) is 0 Å². The lowest BCUT2D eigenvalue weighted by Crippen LogP contribution is -2.27. The van der Waals surface area contributed by atoms with Gasteiger partial charge in [0.05, 0.1) is 7.11 Å². The number of carbonyl (C=O) groups excluding carboxylic acids is 1. The van der Waals surface area contributed by atoms with Crippen LogP contribution in [0.1, 0.15) is 20.8 Å². The minimum absolute atomic E-state index is 0.371. The predicted molar refractivity (Wildman–Crippen MR) is 43.7 cm³/mol. The van der Waals surface area contributed by atoms with Gasteiger partial charge in [-0.05, 0) is 20.8 Å². The number of carbonyl (C=O) groups is 1. The van der Waals surface area contributed by atoms with Gasteiger partial charge in [-0.15, -0.1) is 0 Å². The highest BCUT2D eigenvalue weighted by Crippen LogP contribution is 2.00. The maximum Gasteiger partial charge on any atom is 0.334 e. The Hall–Kier alpha value is -0.610. The number of rotatable bonds is 5. The smallest absolute Gasteiger partial charge is 0.334 e. The van der Waals surface area contributed by atoms with Crippen molar-refractivity contribution in [2.45, 2.75) is 33.2 Å². The molecule has 0 radical (unpaired) electrons. The molecule has 12 heavy (non-hydrogen) atoms. The third-order valence-electron chi connectivity index (χ3n) is 1.33. The highest BCUT2D eigenvalue weighted by Gasteiger charge is 2.16. The molecule has 0 amide bonds. The third kappa shape index (κ3) is 4.31. The van der Waals surface area contributed by atoms with Gasteiger partial charge in [0.15, 0.2) is 12.4 Å². The topological polar surface area (TPSA) is 44.8 Å². The predicted octanol–water partition coefficient (Wildman–Crippen LogP) is 0.947. The normalized spacial score (nSPS) is 15.3. The highest BCUT2D eigenvalue weighted by atomic mass is 16.7. The maximum absolute atomic E-state index is 10.8. The van der Waals surface area contributed by atoms with E-state index >= 15 is 0 Å². The third-order valence-corrected chi connectivity index (χ3v) is 1.33. The van der Waals surface area contributed by atoms with Crippen molar-refractivity contribution in [3.05, 3.63) is 0 Å². The first-order valence-electron chi connectivity index (χ1n) is 3.96. The number of hydrogen-bond donors (Lipinski definition) is 0. The molecule has 0 saturated heterocycles. The molecule has 0 N–H and O–H groups in total. The van der Waals surface area contributed by atoms with E-state index in [9.17, 15) is 4.79 Å². The largest absolute Gasteiger partial charge is 0.467 e. The summed E-state index contributed by atoms with van der Waals surface area (Å²) in [5.74, 6) is -0.387. The lowest BCUT2D eigenvalue weighted by molar-refractivity contribution is -0.182. The molecular formula is C8H16O4. The molecule has 0 aliphatic rings. The van der Waals surface area contributed by atoms with Crippen LogP contribution in [-0.4, -0.2) is 32.1 Å². The summed E-state index contributed by atoms with van der Waals surface area (Å²) < 4.78 is 14.7. The Morgan fingerprint density at radius 1 is 1.42 bits per heavy atom. The molecule has 4 heteroatoms. The monoisotopic (exact) mass is 176 g/mol. The van der Waals surface area contributed by atoms with Crippen molar-refractivity contribution in [2.75, 3.05) is 13.7 Å². The number of esters is 1. The summed E-state index contributed by atoms with van der Waals surface area (Å²) in [7, 11) is 1.33. The van der Waals surface area contributed by atoms with Gasteiger partial charge in [0.2, 0.25) is 0 Å². The molecule has 0 aliphatic heterocycles. The summed E-state index contributed by atoms with van der Waals surface area (Å²) in [5.41, 5.74) is 0. The Kier molecular flexibility index (Phi) is 5.66. The molecule has 0 aliphatic carbocycles. The van der Waals surface area contributed by atoms with Crippen LogP contribution in [0.15, 0.2) is 0 Å². The Morgan fingerprint density at radius 2 is 2.00 bits per heavy atom. The van der Waals surface area contributed by atoms with Crippen molar-refractivity contribution >= 4 is 5.97 Å². The Balaban J connectivity index is 3.67. The summed E-state index contributed by atoms with van der Waals surface area (Å²) in [6, 6.07) is 0. The van der Waals surface area contributed by atoms with Gasteiger partial charge in [-0.25, -0.2) is 4.79 Å². The van der Waals surface area contributed by atoms with Gasteiger partial charge < -0.3 is 14.2 Å². The first-order chi connectivity index (χ1) is 5.61. The van der Waals surface area contributed by atoms with Gasteiger partial charge >= 0.3 is 5.97 Å². The molecule has 0 aromatic carbocycles. The molecule has 0 aromatic heterocycles. The molecule has 0 spiro atoms. The minimum Gasteiger partial charge on any atom is -0.467 e. The molecule has 0 rings (SSSR count). The van der Waals surface area contributed by atoms with Crippen molar-refractivity contribution in [1.82, 2.24) is 0 Å². The van der Waals surface area contributed by atoms with Crippen molar-refractivity contribution in [1.29, 1.82) is 0 Å². The van der Waals surface area contributed by atoms with Crippen LogP contribution in [0.25, 0.3) is 0 Å². The van der Waals surface area contributed by atoms with Crippen molar-refractivity contribution < 1.29 is 19.0 Å². The molecule has 0 bridgehead atoms. The van der Waals surface area contributed by atoms with E-state index < -0.39 is 6.10 Å². The molecule has 0 heterocycles. The van der Waals surface area contributed by atoms with Crippen molar-refractivity contribution in [3.8, 4) is 0 Å². The van der Waals surface area contributed by atoms with E-state index in [4.69, 9.17) is 9.47 Å². The van der Waals surface area contributed by atoms with Crippen LogP contribution >= 0.6 is 0 Å². The summed E-state index contributed by atoms with van der Waals surface area (Å²) in [4.78, 5) is 10.8. The molecule has 0 saturated carbocycles. The fraction of sp³-hybridized carbons (Fsp3) is 0.875. The van der Waals surface area contributed by atoms with Crippen molar-refractivity contribution in [2.24, 2.45) is 0 Å². The molecule has 2 atom stereocenters. The van der Waals surface area contributed by atoms with Gasteiger partial charge in [-0.1, -0.05) is 0 Å². The van der Waals surface area contributed by atoms with Gasteiger partial charge in [-0.2, -0.15) is 0 Å². The first kappa shape index (κ1) is 11.4. The average Bonchev–Trinajstić information content (AvgIpc) is 2.03. The van der Waals surface area contributed by atoms with E-state index in [2.05, 4.69) is 4.74 Å². The van der Waals surface area contributed by atoms with Gasteiger partial charge in [0, 0.05) is 6.61 Å². The lowest BCUT2D eigenvalue weighted by Gasteiger charge is -2.16. The zero-order valence-electron chi connectivity index (χ0n) is 7.99. The Morgan fingerprint density at radius 3 is 2.42 bits per heavy atom. The van der Waals surface area contributed by atoms with Gasteiger partial charge in [0.1, 0.15) is 0 Å². The van der Waals surface area contributed by atoms with E-state index in [1.807, 2.05) is 6.92 Å². The zero-order chi connectivity index (χ0) is 9.56. The summed E-state index contributed by atoms with van der Waals surface area (Å²) in [5, 5.41) is 0. The Labute approximate surface area is 72.8 Å². The Bertz CT molecular complexity index is 135. The van der Waals surface area contributed by atoms with Crippen molar-refractivity contribution in [3.63, 3.8) is 0 Å². The van der Waals surface area contributed by atoms with Gasteiger partial charge in [0.25, 0.3) is 0 Å². The van der Waals surface area contributed by atoms with E-state index in [1.165, 1.54) is 7.11 Å². The number of methoxy groups -OCH3 is 1. The summed E-state index contributed by atoms with van der Waals surface area (Å²) >= 11 is 0. The van der Waals surface area contributed by atoms with Crippen LogP contribution in [0.3, 0.4) is 0 Å². The molecule has 4 nitrogen and oxygen atoms in total. The zero-order valence-corrected chi connectivity index (χ0v) is 7.99. The van der Waals surface area contributed by atoms with E-state index in [1.54, 1.807) is 13.8 Å². The summed E-state index contributed by atoms with van der Waals surface area (Å²) in [6.45, 7) is 5.79. The molecule has 0 aromatic rings. The van der Waals surface area contributed by atoms with Crippen LogP contribution in [0.2, 0.25) is 0 Å². The van der Waals surface area contributed by atoms with E-state index in [-0.39, 0.29) is 12.3 Å². The van der Waals surface area contributed by atoms with Crippen LogP contribution < -0.4 is 0 Å². The quantitative estimate of drug-likeness (QED) is 0.462. The molecular weight excluding hydrogens is 160 g/mol. The van der Waals surface area contributed by atoms with Crippen LogP contribution in [0, 0.1) is 0 Å². The second kappa shape index (κ2) is 5.97. The lowest BCUT2D eigenvalue weighted by atomic mass is 10.4. The number of ether oxygens (including phenoxy) is 3. The SMILES string of the molecule is CCO[C@H](C)O[C@H](C)C(=O)OC. The first-order valence-corrected chi connectivity index (χ1v) is 3.96. The second-order valence-electron chi connectivity index (χ2n) is 2.32. The van der Waals surface area contributed by atoms with E-state index in [0.29, 0.717) is 6.61 Å². The maximum atomic E-state index is 10.8. The van der Waals surface area contributed by atoms with Crippen LogP contribution in [0.5, 0.6) is 0 Å². The average molecular weight is 176 g/mol. The van der Waals surface area contributed by atoms with Crippen LogP contribution in [-0.2, 0) is 19.0 Å². The fourth-order valence-electron chi connectivity index (χ4n) is 0.783. The standard InChI is InChI=1S/C8H16O4/c1-5-11-7(3)12-6(2)8(9)10-4/h6-7H,5H2,1-4H3/t6-,7+/m1/s1. The highest BCUT2D eigenvalue weighted by molar-refractivity contribution is 5.73. The molecule has 72 valence electrons.